The van der Waals surface area contributed by atoms with E-state index in [4.69, 9.17) is 24.4 Å². The average Bonchev–Trinajstić information content (AvgIpc) is 3.45. The summed E-state index contributed by atoms with van der Waals surface area (Å²) < 4.78 is 0.622. The highest BCUT2D eigenvalue weighted by atomic mass is 32.2. The summed E-state index contributed by atoms with van der Waals surface area (Å²) in [5.74, 6) is -0.913. The normalized spacial score (nSPS) is 20.4. The zero-order chi connectivity index (χ0) is 29.4. The lowest BCUT2D eigenvalue weighted by molar-refractivity contribution is -0.126. The van der Waals surface area contributed by atoms with Crippen LogP contribution < -0.4 is 9.80 Å². The molecule has 2 aromatic carbocycles. The van der Waals surface area contributed by atoms with Crippen molar-refractivity contribution in [3.63, 3.8) is 0 Å². The Morgan fingerprint density at radius 1 is 0.667 bits per heavy atom. The summed E-state index contributed by atoms with van der Waals surface area (Å²) in [6.45, 7) is 1.56. The van der Waals surface area contributed by atoms with Gasteiger partial charge in [-0.15, -0.1) is 0 Å². The van der Waals surface area contributed by atoms with Gasteiger partial charge in [-0.25, -0.2) is 0 Å². The zero-order valence-electron chi connectivity index (χ0n) is 22.7. The van der Waals surface area contributed by atoms with Crippen molar-refractivity contribution >= 4 is 91.6 Å². The van der Waals surface area contributed by atoms with Gasteiger partial charge in [-0.1, -0.05) is 84.4 Å². The standard InChI is InChI=1S/C30H28N4O4S4/c35-23(31-15-5-9-19-7-1-3-11-21(19)31)13-17-33-27(37)25(41-29(33)39)26-28(38)34(30(40)42-26)18-14-24(36)32-16-6-10-20-8-2-4-12-22(20)32/h1-4,7-8,11-12H,5-6,9-10,13-18H2/b26-25-. The number of benzene rings is 2. The first-order valence-electron chi connectivity index (χ1n) is 13.9. The first-order valence-corrected chi connectivity index (χ1v) is 16.4. The molecule has 0 bridgehead atoms. The zero-order valence-corrected chi connectivity index (χ0v) is 26.0. The molecule has 216 valence electrons. The number of nitrogens with zero attached hydrogens (tertiary/aromatic N) is 4. The number of amides is 4. The third-order valence-electron chi connectivity index (χ3n) is 7.83. The molecule has 0 spiro atoms. The van der Waals surface area contributed by atoms with E-state index in [2.05, 4.69) is 0 Å². The maximum Gasteiger partial charge on any atom is 0.267 e. The Balaban J connectivity index is 1.09. The van der Waals surface area contributed by atoms with E-state index in [1.165, 1.54) is 9.80 Å². The molecule has 4 aliphatic heterocycles. The third kappa shape index (κ3) is 5.52. The highest BCUT2D eigenvalue weighted by Crippen LogP contribution is 2.42. The molecular weight excluding hydrogens is 609 g/mol. The van der Waals surface area contributed by atoms with Crippen LogP contribution in [-0.4, -0.2) is 68.2 Å². The lowest BCUT2D eigenvalue weighted by atomic mass is 10.0. The predicted molar refractivity (Wildman–Crippen MR) is 174 cm³/mol. The van der Waals surface area contributed by atoms with E-state index in [1.807, 2.05) is 48.5 Å². The Labute approximate surface area is 263 Å². The van der Waals surface area contributed by atoms with Gasteiger partial charge < -0.3 is 9.80 Å². The molecule has 6 rings (SSSR count). The molecular formula is C30H28N4O4S4. The van der Waals surface area contributed by atoms with Gasteiger partial charge in [-0.05, 0) is 48.9 Å². The van der Waals surface area contributed by atoms with Crippen LogP contribution in [0.3, 0.4) is 0 Å². The van der Waals surface area contributed by atoms with Gasteiger partial charge in [0, 0.05) is 50.4 Å². The van der Waals surface area contributed by atoms with Crippen LogP contribution in [0.2, 0.25) is 0 Å². The van der Waals surface area contributed by atoms with Crippen molar-refractivity contribution in [3.8, 4) is 0 Å². The Hall–Kier alpha value is -3.06. The number of thioether (sulfide) groups is 2. The molecule has 2 fully saturated rings. The maximum absolute atomic E-state index is 13.4. The summed E-state index contributed by atoms with van der Waals surface area (Å²) >= 11 is 13.1. The van der Waals surface area contributed by atoms with Crippen LogP contribution in [0.25, 0.3) is 0 Å². The van der Waals surface area contributed by atoms with E-state index in [-0.39, 0.29) is 47.6 Å². The average molecular weight is 637 g/mol. The summed E-state index contributed by atoms with van der Waals surface area (Å²) in [6, 6.07) is 15.8. The summed E-state index contributed by atoms with van der Waals surface area (Å²) in [5.41, 5.74) is 4.14. The molecule has 0 radical (unpaired) electrons. The molecule has 4 aliphatic rings. The van der Waals surface area contributed by atoms with Gasteiger partial charge in [0.25, 0.3) is 11.8 Å². The van der Waals surface area contributed by atoms with Crippen LogP contribution >= 0.6 is 48.0 Å². The first kappa shape index (κ1) is 29.0. The van der Waals surface area contributed by atoms with Crippen LogP contribution in [0.4, 0.5) is 11.4 Å². The lowest BCUT2D eigenvalue weighted by Crippen LogP contribution is -2.39. The van der Waals surface area contributed by atoms with Crippen molar-refractivity contribution in [3.05, 3.63) is 69.5 Å². The highest BCUT2D eigenvalue weighted by molar-refractivity contribution is 8.29. The summed E-state index contributed by atoms with van der Waals surface area (Å²) in [4.78, 5) is 59.8. The lowest BCUT2D eigenvalue weighted by Gasteiger charge is -2.30. The molecule has 2 saturated heterocycles. The number of aryl methyl sites for hydroxylation is 2. The molecule has 0 aliphatic carbocycles. The molecule has 8 nitrogen and oxygen atoms in total. The van der Waals surface area contributed by atoms with Crippen LogP contribution in [0.1, 0.15) is 36.8 Å². The first-order chi connectivity index (χ1) is 20.3. The molecule has 0 unspecified atom stereocenters. The minimum Gasteiger partial charge on any atom is -0.312 e. The number of hydrogen-bond donors (Lipinski definition) is 0. The van der Waals surface area contributed by atoms with Crippen LogP contribution in [0.15, 0.2) is 58.3 Å². The molecule has 2 aromatic rings. The molecule has 0 atom stereocenters. The van der Waals surface area contributed by atoms with Crippen molar-refractivity contribution in [2.45, 2.75) is 38.5 Å². The largest absolute Gasteiger partial charge is 0.312 e. The van der Waals surface area contributed by atoms with Crippen LogP contribution in [0.5, 0.6) is 0 Å². The Morgan fingerprint density at radius 2 is 1.07 bits per heavy atom. The van der Waals surface area contributed by atoms with E-state index in [9.17, 15) is 19.2 Å². The topological polar surface area (TPSA) is 81.2 Å². The monoisotopic (exact) mass is 636 g/mol. The van der Waals surface area contributed by atoms with Gasteiger partial charge in [-0.2, -0.15) is 0 Å². The van der Waals surface area contributed by atoms with Gasteiger partial charge in [0.2, 0.25) is 11.8 Å². The second kappa shape index (κ2) is 12.3. The second-order valence-corrected chi connectivity index (χ2v) is 13.7. The molecule has 4 amide bonds. The highest BCUT2D eigenvalue weighted by Gasteiger charge is 2.42. The van der Waals surface area contributed by atoms with Crippen molar-refractivity contribution in [1.82, 2.24) is 9.80 Å². The Morgan fingerprint density at radius 3 is 1.50 bits per heavy atom. The quantitative estimate of drug-likeness (QED) is 0.335. The number of thiocarbonyl (C=S) groups is 2. The molecule has 42 heavy (non-hydrogen) atoms. The minimum atomic E-state index is -0.390. The van der Waals surface area contributed by atoms with Gasteiger partial charge in [0.1, 0.15) is 8.64 Å². The Kier molecular flexibility index (Phi) is 8.49. The number of fused-ring (bicyclic) bond motifs is 2. The third-order valence-corrected chi connectivity index (χ3v) is 10.9. The number of hydrogen-bond acceptors (Lipinski definition) is 8. The Bertz CT molecular complexity index is 1440. The van der Waals surface area contributed by atoms with Crippen molar-refractivity contribution in [1.29, 1.82) is 0 Å². The predicted octanol–water partition coefficient (Wildman–Crippen LogP) is 4.66. The van der Waals surface area contributed by atoms with Crippen LogP contribution in [0, 0.1) is 0 Å². The van der Waals surface area contributed by atoms with E-state index in [0.717, 1.165) is 71.7 Å². The van der Waals surface area contributed by atoms with Gasteiger partial charge in [0.15, 0.2) is 0 Å². The van der Waals surface area contributed by atoms with Crippen molar-refractivity contribution < 1.29 is 19.2 Å². The number of rotatable bonds is 6. The van der Waals surface area contributed by atoms with E-state index in [1.54, 1.807) is 9.80 Å². The summed E-state index contributed by atoms with van der Waals surface area (Å²) in [5, 5.41) is 0. The van der Waals surface area contributed by atoms with Gasteiger partial charge >= 0.3 is 0 Å². The summed E-state index contributed by atoms with van der Waals surface area (Å²) in [7, 11) is 0. The van der Waals surface area contributed by atoms with Crippen molar-refractivity contribution in [2.24, 2.45) is 0 Å². The molecule has 4 heterocycles. The number of carbonyl (C=O) groups excluding carboxylic acids is 4. The number of carbonyl (C=O) groups is 4. The fraction of sp³-hybridized carbons (Fsp3) is 0.333. The molecule has 0 aromatic heterocycles. The molecule has 12 heteroatoms. The molecule has 0 saturated carbocycles. The van der Waals surface area contributed by atoms with Crippen molar-refractivity contribution in [2.75, 3.05) is 36.0 Å². The maximum atomic E-state index is 13.4. The van der Waals surface area contributed by atoms with Crippen LogP contribution in [-0.2, 0) is 32.0 Å². The smallest absolute Gasteiger partial charge is 0.267 e. The van der Waals surface area contributed by atoms with Gasteiger partial charge in [-0.3, -0.25) is 29.0 Å². The summed E-state index contributed by atoms with van der Waals surface area (Å²) in [6.07, 6.45) is 3.90. The fourth-order valence-electron chi connectivity index (χ4n) is 5.73. The molecule has 0 N–H and O–H groups in total. The second-order valence-electron chi connectivity index (χ2n) is 10.4. The fourth-order valence-corrected chi connectivity index (χ4v) is 8.50. The van der Waals surface area contributed by atoms with E-state index in [0.29, 0.717) is 21.7 Å². The number of anilines is 2. The SMILES string of the molecule is O=C1/C(=C2/SC(=S)N(CCC(=O)N3CCCc4ccccc43)C2=O)SC(=S)N1CCC(=O)N1CCCc2ccccc21. The minimum absolute atomic E-state index is 0.0662. The van der Waals surface area contributed by atoms with E-state index < -0.39 is 11.8 Å². The van der Waals surface area contributed by atoms with E-state index >= 15 is 0 Å². The van der Waals surface area contributed by atoms with Gasteiger partial charge in [0.05, 0.1) is 9.81 Å². The number of para-hydroxylation sites is 2.